The third kappa shape index (κ3) is 5.01. The predicted octanol–water partition coefficient (Wildman–Crippen LogP) is 5.14. The normalized spacial score (nSPS) is 11.5. The van der Waals surface area contributed by atoms with Crippen LogP contribution in [0.3, 0.4) is 0 Å². The average Bonchev–Trinajstić information content (AvgIpc) is 2.52. The highest BCUT2D eigenvalue weighted by Crippen LogP contribution is 2.36. The molecule has 4 nitrogen and oxygen atoms in total. The average molecular weight is 408 g/mol. The van der Waals surface area contributed by atoms with E-state index in [1.54, 1.807) is 6.92 Å². The summed E-state index contributed by atoms with van der Waals surface area (Å²) < 4.78 is 56.9. The maximum absolute atomic E-state index is 14.1. The van der Waals surface area contributed by atoms with Crippen LogP contribution in [-0.4, -0.2) is 29.4 Å². The van der Waals surface area contributed by atoms with Crippen LogP contribution in [0.2, 0.25) is 5.02 Å². The Labute approximate surface area is 156 Å². The lowest BCUT2D eigenvalue weighted by Crippen LogP contribution is -2.15. The van der Waals surface area contributed by atoms with Gasteiger partial charge in [0.05, 0.1) is 22.9 Å². The molecule has 140 valence electrons. The van der Waals surface area contributed by atoms with E-state index in [2.05, 4.69) is 4.98 Å². The number of nitrogens with zero attached hydrogens (tertiary/aromatic N) is 1. The minimum Gasteiger partial charge on any atom is -0.477 e. The molecule has 1 aromatic heterocycles. The van der Waals surface area contributed by atoms with E-state index in [1.165, 1.54) is 18.2 Å². The number of alkyl halides is 3. The number of benzene rings is 1. The number of ether oxygens (including phenoxy) is 1. The number of rotatable bonds is 5. The van der Waals surface area contributed by atoms with Gasteiger partial charge in [-0.1, -0.05) is 11.6 Å². The number of nitrogens with one attached hydrogen (secondary N) is 1. The molecule has 0 unspecified atom stereocenters. The Bertz CT molecular complexity index is 830. The predicted molar refractivity (Wildman–Crippen MR) is 94.3 cm³/mol. The van der Waals surface area contributed by atoms with Crippen LogP contribution in [0, 0.1) is 11.2 Å². The first-order chi connectivity index (χ1) is 12.1. The molecular formula is C16H14ClF4N3OS. The highest BCUT2D eigenvalue weighted by atomic mass is 35.5. The largest absolute Gasteiger partial charge is 0.477 e. The molecule has 0 aliphatic heterocycles. The van der Waals surface area contributed by atoms with Crippen LogP contribution in [0.4, 0.5) is 23.2 Å². The second kappa shape index (κ2) is 8.13. The molecule has 0 aliphatic carbocycles. The zero-order chi connectivity index (χ0) is 19.5. The van der Waals surface area contributed by atoms with E-state index in [0.29, 0.717) is 11.8 Å². The van der Waals surface area contributed by atoms with Crippen molar-refractivity contribution in [1.82, 2.24) is 4.98 Å². The summed E-state index contributed by atoms with van der Waals surface area (Å²) in [6.45, 7) is 1.73. The monoisotopic (exact) mass is 407 g/mol. The molecule has 0 aliphatic rings. The second-order valence-electron chi connectivity index (χ2n) is 5.06. The second-order valence-corrected chi connectivity index (χ2v) is 6.49. The molecule has 0 radical (unpaired) electrons. The molecule has 0 amide bonds. The fourth-order valence-electron chi connectivity index (χ4n) is 2.06. The van der Waals surface area contributed by atoms with Gasteiger partial charge in [-0.25, -0.2) is 9.37 Å². The number of thioether (sulfide) groups is 1. The van der Waals surface area contributed by atoms with Crippen molar-refractivity contribution in [3.05, 3.63) is 40.8 Å². The third-order valence-electron chi connectivity index (χ3n) is 3.09. The van der Waals surface area contributed by atoms with E-state index in [0.717, 1.165) is 6.07 Å². The summed E-state index contributed by atoms with van der Waals surface area (Å²) in [5.74, 6) is -2.32. The summed E-state index contributed by atoms with van der Waals surface area (Å²) >= 11 is 6.12. The SMILES string of the molecule is CCOC(=N)c1nc(-c2ccc(Cl)cc2F)cc(N)c1SCC(F)(F)F. The topological polar surface area (TPSA) is 72.0 Å². The first-order valence-corrected chi connectivity index (χ1v) is 8.66. The Kier molecular flexibility index (Phi) is 6.35. The Morgan fingerprint density at radius 2 is 2.04 bits per heavy atom. The Morgan fingerprint density at radius 1 is 1.35 bits per heavy atom. The van der Waals surface area contributed by atoms with Gasteiger partial charge < -0.3 is 10.5 Å². The third-order valence-corrected chi connectivity index (χ3v) is 4.52. The van der Waals surface area contributed by atoms with E-state index in [4.69, 9.17) is 27.5 Å². The molecule has 0 atom stereocenters. The number of nitrogens with two attached hydrogens (primary N) is 1. The van der Waals surface area contributed by atoms with Gasteiger partial charge in [0.1, 0.15) is 11.5 Å². The maximum Gasteiger partial charge on any atom is 0.398 e. The summed E-state index contributed by atoms with van der Waals surface area (Å²) in [5.41, 5.74) is 5.76. The zero-order valence-corrected chi connectivity index (χ0v) is 15.0. The standard InChI is InChI=1S/C16H14ClF4N3OS/c1-2-25-15(23)13-14(26-7-16(19,20)21)11(22)6-12(24-13)9-4-3-8(17)5-10(9)18/h3-6,23H,2,7H2,1H3,(H2,22,24). The number of aromatic nitrogens is 1. The molecule has 2 rings (SSSR count). The van der Waals surface area contributed by atoms with Crippen LogP contribution >= 0.6 is 23.4 Å². The van der Waals surface area contributed by atoms with Crippen molar-refractivity contribution >= 4 is 34.9 Å². The van der Waals surface area contributed by atoms with Crippen molar-refractivity contribution in [3.8, 4) is 11.3 Å². The van der Waals surface area contributed by atoms with E-state index in [-0.39, 0.29) is 39.2 Å². The molecule has 0 spiro atoms. The summed E-state index contributed by atoms with van der Waals surface area (Å²) in [5, 5.41) is 8.08. The summed E-state index contributed by atoms with van der Waals surface area (Å²) in [4.78, 5) is 4.07. The molecule has 0 bridgehead atoms. The van der Waals surface area contributed by atoms with Gasteiger partial charge in [-0.05, 0) is 31.2 Å². The van der Waals surface area contributed by atoms with Crippen LogP contribution in [-0.2, 0) is 4.74 Å². The minimum atomic E-state index is -4.43. The van der Waals surface area contributed by atoms with E-state index < -0.39 is 23.6 Å². The Balaban J connectivity index is 2.55. The summed E-state index contributed by atoms with van der Waals surface area (Å²) in [6, 6.07) is 5.15. The minimum absolute atomic E-state index is 0.0427. The molecule has 0 saturated heterocycles. The van der Waals surface area contributed by atoms with Gasteiger partial charge in [-0.3, -0.25) is 5.41 Å². The highest BCUT2D eigenvalue weighted by molar-refractivity contribution is 7.99. The number of hydrogen-bond acceptors (Lipinski definition) is 5. The fraction of sp³-hybridized carbons (Fsp3) is 0.250. The van der Waals surface area contributed by atoms with Crippen LogP contribution < -0.4 is 5.73 Å². The first kappa shape index (κ1) is 20.3. The van der Waals surface area contributed by atoms with Gasteiger partial charge in [0.25, 0.3) is 0 Å². The Hall–Kier alpha value is -2.00. The van der Waals surface area contributed by atoms with Crippen LogP contribution in [0.5, 0.6) is 0 Å². The van der Waals surface area contributed by atoms with Crippen molar-refractivity contribution in [2.75, 3.05) is 18.1 Å². The lowest BCUT2D eigenvalue weighted by Gasteiger charge is -2.15. The molecule has 0 saturated carbocycles. The van der Waals surface area contributed by atoms with Gasteiger partial charge in [0.15, 0.2) is 0 Å². The lowest BCUT2D eigenvalue weighted by molar-refractivity contribution is -0.105. The molecule has 0 fully saturated rings. The maximum atomic E-state index is 14.1. The number of anilines is 1. The zero-order valence-electron chi connectivity index (χ0n) is 13.5. The molecule has 3 N–H and O–H groups in total. The van der Waals surface area contributed by atoms with Crippen molar-refractivity contribution in [2.24, 2.45) is 0 Å². The first-order valence-electron chi connectivity index (χ1n) is 7.29. The van der Waals surface area contributed by atoms with Crippen molar-refractivity contribution in [3.63, 3.8) is 0 Å². The molecule has 26 heavy (non-hydrogen) atoms. The van der Waals surface area contributed by atoms with Gasteiger partial charge in [-0.2, -0.15) is 13.2 Å². The van der Waals surface area contributed by atoms with E-state index >= 15 is 0 Å². The lowest BCUT2D eigenvalue weighted by atomic mass is 10.1. The summed E-state index contributed by atoms with van der Waals surface area (Å²) in [7, 11) is 0. The highest BCUT2D eigenvalue weighted by Gasteiger charge is 2.29. The van der Waals surface area contributed by atoms with Gasteiger partial charge >= 0.3 is 6.18 Å². The molecule has 1 aromatic carbocycles. The Morgan fingerprint density at radius 3 is 2.62 bits per heavy atom. The van der Waals surface area contributed by atoms with Crippen LogP contribution in [0.15, 0.2) is 29.2 Å². The van der Waals surface area contributed by atoms with E-state index in [1.807, 2.05) is 0 Å². The number of hydrogen-bond donors (Lipinski definition) is 2. The number of pyridine rings is 1. The van der Waals surface area contributed by atoms with E-state index in [9.17, 15) is 17.6 Å². The van der Waals surface area contributed by atoms with Crippen molar-refractivity contribution in [1.29, 1.82) is 5.41 Å². The molecular weight excluding hydrogens is 394 g/mol. The number of nitrogen functional groups attached to an aromatic ring is 1. The fourth-order valence-corrected chi connectivity index (χ4v) is 3.03. The number of halogens is 5. The summed E-state index contributed by atoms with van der Waals surface area (Å²) in [6.07, 6.45) is -4.43. The molecule has 1 heterocycles. The smallest absolute Gasteiger partial charge is 0.398 e. The van der Waals surface area contributed by atoms with Crippen molar-refractivity contribution < 1.29 is 22.3 Å². The van der Waals surface area contributed by atoms with Crippen LogP contribution in [0.25, 0.3) is 11.3 Å². The van der Waals surface area contributed by atoms with Gasteiger partial charge in [-0.15, -0.1) is 11.8 Å². The van der Waals surface area contributed by atoms with Crippen LogP contribution in [0.1, 0.15) is 12.6 Å². The van der Waals surface area contributed by atoms with Gasteiger partial charge in [0, 0.05) is 16.3 Å². The molecule has 2 aromatic rings. The van der Waals surface area contributed by atoms with Gasteiger partial charge in [0.2, 0.25) is 5.90 Å². The van der Waals surface area contributed by atoms with Crippen molar-refractivity contribution in [2.45, 2.75) is 18.0 Å². The quantitative estimate of drug-likeness (QED) is 0.311. The molecule has 10 heteroatoms.